The molecule has 29 heavy (non-hydrogen) atoms. The van der Waals surface area contributed by atoms with Crippen molar-refractivity contribution in [3.8, 4) is 11.5 Å². The van der Waals surface area contributed by atoms with Gasteiger partial charge in [-0.25, -0.2) is 0 Å². The smallest absolute Gasteiger partial charge is 0.262 e. The number of nitrogens with one attached hydrogen (secondary N) is 1. The van der Waals surface area contributed by atoms with Crippen molar-refractivity contribution >= 4 is 45.1 Å². The minimum Gasteiger partial charge on any atom is -0.493 e. The second-order valence-electron chi connectivity index (χ2n) is 6.27. The third-order valence-corrected chi connectivity index (χ3v) is 4.60. The zero-order valence-corrected chi connectivity index (χ0v) is 16.2. The van der Waals surface area contributed by atoms with Crippen molar-refractivity contribution in [1.82, 2.24) is 0 Å². The van der Waals surface area contributed by atoms with E-state index < -0.39 is 0 Å². The van der Waals surface area contributed by atoms with Gasteiger partial charge < -0.3 is 19.2 Å². The summed E-state index contributed by atoms with van der Waals surface area (Å²) in [4.78, 5) is 24.9. The van der Waals surface area contributed by atoms with E-state index in [2.05, 4.69) is 5.32 Å². The molecule has 0 fully saturated rings. The number of anilines is 1. The lowest BCUT2D eigenvalue weighted by molar-refractivity contribution is -0.118. The average molecular weight is 410 g/mol. The molecule has 0 saturated heterocycles. The highest BCUT2D eigenvalue weighted by Gasteiger charge is 2.12. The summed E-state index contributed by atoms with van der Waals surface area (Å²) in [5.74, 6) is 0.653. The molecule has 0 aliphatic rings. The quantitative estimate of drug-likeness (QED) is 0.486. The summed E-state index contributed by atoms with van der Waals surface area (Å²) in [7, 11) is 1.51. The second-order valence-corrected chi connectivity index (χ2v) is 6.71. The molecule has 6 nitrogen and oxygen atoms in total. The topological polar surface area (TPSA) is 77.8 Å². The fraction of sp³-hybridized carbons (Fsp3) is 0.0909. The Morgan fingerprint density at radius 3 is 2.62 bits per heavy atom. The molecule has 0 atom stereocenters. The molecule has 0 radical (unpaired) electrons. The van der Waals surface area contributed by atoms with Crippen LogP contribution in [0.2, 0.25) is 5.02 Å². The van der Waals surface area contributed by atoms with E-state index in [1.165, 1.54) is 7.11 Å². The van der Waals surface area contributed by atoms with Gasteiger partial charge in [-0.05, 0) is 48.5 Å². The minimum absolute atomic E-state index is 0.163. The van der Waals surface area contributed by atoms with Crippen LogP contribution >= 0.6 is 11.6 Å². The summed E-state index contributed by atoms with van der Waals surface area (Å²) in [6.45, 7) is -0.171. The standard InChI is InChI=1S/C22H16ClNO5/c1-27-18-4-2-3-17-21(26)16-10-7-14(11-19(16)29-22(17)18)24-20(25)12-28-15-8-5-13(23)6-9-15/h2-11H,12H2,1H3,(H,24,25). The van der Waals surface area contributed by atoms with E-state index in [9.17, 15) is 9.59 Å². The van der Waals surface area contributed by atoms with Gasteiger partial charge in [0.25, 0.3) is 5.91 Å². The molecular weight excluding hydrogens is 394 g/mol. The number of carbonyl (C=O) groups is 1. The monoisotopic (exact) mass is 409 g/mol. The fourth-order valence-electron chi connectivity index (χ4n) is 2.96. The summed E-state index contributed by atoms with van der Waals surface area (Å²) in [5.41, 5.74) is 1.04. The van der Waals surface area contributed by atoms with Gasteiger partial charge in [-0.3, -0.25) is 9.59 Å². The van der Waals surface area contributed by atoms with E-state index in [-0.39, 0.29) is 17.9 Å². The molecule has 0 saturated carbocycles. The van der Waals surface area contributed by atoms with Gasteiger partial charge in [-0.2, -0.15) is 0 Å². The number of halogens is 1. The average Bonchev–Trinajstić information content (AvgIpc) is 2.73. The van der Waals surface area contributed by atoms with Crippen molar-refractivity contribution in [2.45, 2.75) is 0 Å². The van der Waals surface area contributed by atoms with Crippen LogP contribution in [0.4, 0.5) is 5.69 Å². The molecular formula is C22H16ClNO5. The Labute approximate surface area is 170 Å². The molecule has 3 aromatic carbocycles. The molecule has 4 aromatic rings. The van der Waals surface area contributed by atoms with Crippen molar-refractivity contribution in [3.05, 3.63) is 75.9 Å². The highest BCUT2D eigenvalue weighted by atomic mass is 35.5. The molecule has 1 heterocycles. The van der Waals surface area contributed by atoms with Gasteiger partial charge in [0.15, 0.2) is 17.9 Å². The molecule has 0 aliphatic heterocycles. The van der Waals surface area contributed by atoms with Gasteiger partial charge in [0, 0.05) is 16.8 Å². The molecule has 0 bridgehead atoms. The van der Waals surface area contributed by atoms with Gasteiger partial charge in [-0.15, -0.1) is 0 Å². The van der Waals surface area contributed by atoms with Crippen LogP contribution in [0, 0.1) is 0 Å². The minimum atomic E-state index is -0.347. The highest BCUT2D eigenvalue weighted by molar-refractivity contribution is 6.30. The maximum Gasteiger partial charge on any atom is 0.262 e. The number of amides is 1. The molecule has 1 amide bonds. The zero-order valence-electron chi connectivity index (χ0n) is 15.4. The maximum atomic E-state index is 12.7. The van der Waals surface area contributed by atoms with Crippen LogP contribution in [0.3, 0.4) is 0 Å². The van der Waals surface area contributed by atoms with Crippen molar-refractivity contribution in [2.75, 3.05) is 19.0 Å². The number of methoxy groups -OCH3 is 1. The SMILES string of the molecule is COc1cccc2c(=O)c3ccc(NC(=O)COc4ccc(Cl)cc4)cc3oc12. The maximum absolute atomic E-state index is 12.7. The first-order chi connectivity index (χ1) is 14.0. The van der Waals surface area contributed by atoms with Crippen LogP contribution in [0.15, 0.2) is 69.9 Å². The first-order valence-corrected chi connectivity index (χ1v) is 9.15. The lowest BCUT2D eigenvalue weighted by atomic mass is 10.1. The van der Waals surface area contributed by atoms with E-state index >= 15 is 0 Å². The van der Waals surface area contributed by atoms with E-state index in [0.717, 1.165) is 0 Å². The van der Waals surface area contributed by atoms with E-state index in [4.69, 9.17) is 25.5 Å². The number of ether oxygens (including phenoxy) is 2. The first kappa shape index (κ1) is 18.8. The Morgan fingerprint density at radius 2 is 1.86 bits per heavy atom. The van der Waals surface area contributed by atoms with Gasteiger partial charge >= 0.3 is 0 Å². The number of hydrogen-bond acceptors (Lipinski definition) is 5. The second kappa shape index (κ2) is 7.85. The number of hydrogen-bond donors (Lipinski definition) is 1. The van der Waals surface area contributed by atoms with Crippen LogP contribution in [-0.4, -0.2) is 19.6 Å². The summed E-state index contributed by atoms with van der Waals surface area (Å²) in [5, 5.41) is 4.17. The molecule has 146 valence electrons. The number of benzene rings is 3. The Bertz CT molecular complexity index is 1260. The summed E-state index contributed by atoms with van der Waals surface area (Å²) in [6, 6.07) is 16.7. The third kappa shape index (κ3) is 3.88. The molecule has 7 heteroatoms. The first-order valence-electron chi connectivity index (χ1n) is 8.77. The van der Waals surface area contributed by atoms with Gasteiger partial charge in [0.1, 0.15) is 11.3 Å². The molecule has 0 aliphatic carbocycles. The Balaban J connectivity index is 1.58. The lowest BCUT2D eigenvalue weighted by Crippen LogP contribution is -2.20. The van der Waals surface area contributed by atoms with Crippen LogP contribution in [0.5, 0.6) is 11.5 Å². The Morgan fingerprint density at radius 1 is 1.07 bits per heavy atom. The van der Waals surface area contributed by atoms with Gasteiger partial charge in [0.05, 0.1) is 17.9 Å². The molecule has 0 unspecified atom stereocenters. The summed E-state index contributed by atoms with van der Waals surface area (Å²) in [6.07, 6.45) is 0. The predicted molar refractivity (Wildman–Crippen MR) is 112 cm³/mol. The predicted octanol–water partition coefficient (Wildman–Crippen LogP) is 4.63. The van der Waals surface area contributed by atoms with E-state index in [1.54, 1.807) is 60.7 Å². The lowest BCUT2D eigenvalue weighted by Gasteiger charge is -2.09. The Kier molecular flexibility index (Phi) is 5.10. The van der Waals surface area contributed by atoms with Crippen molar-refractivity contribution in [2.24, 2.45) is 0 Å². The Hall–Kier alpha value is -3.51. The van der Waals surface area contributed by atoms with Crippen LogP contribution in [-0.2, 0) is 4.79 Å². The number of fused-ring (bicyclic) bond motifs is 2. The van der Waals surface area contributed by atoms with Crippen LogP contribution < -0.4 is 20.2 Å². The summed E-state index contributed by atoms with van der Waals surface area (Å²) < 4.78 is 16.6. The van der Waals surface area contributed by atoms with Crippen LogP contribution in [0.25, 0.3) is 21.9 Å². The molecule has 4 rings (SSSR count). The molecule has 0 spiro atoms. The zero-order chi connectivity index (χ0) is 20.4. The molecule has 1 aromatic heterocycles. The number of carbonyl (C=O) groups excluding carboxylic acids is 1. The number of rotatable bonds is 5. The molecule has 1 N–H and O–H groups in total. The largest absolute Gasteiger partial charge is 0.493 e. The van der Waals surface area contributed by atoms with E-state index in [1.807, 2.05) is 0 Å². The van der Waals surface area contributed by atoms with Crippen LogP contribution in [0.1, 0.15) is 0 Å². The normalized spacial score (nSPS) is 10.8. The van der Waals surface area contributed by atoms with Crippen molar-refractivity contribution < 1.29 is 18.7 Å². The number of para-hydroxylation sites is 1. The van der Waals surface area contributed by atoms with E-state index in [0.29, 0.717) is 44.1 Å². The van der Waals surface area contributed by atoms with Crippen molar-refractivity contribution in [1.29, 1.82) is 0 Å². The fourth-order valence-corrected chi connectivity index (χ4v) is 3.09. The third-order valence-electron chi connectivity index (χ3n) is 4.35. The van der Waals surface area contributed by atoms with Gasteiger partial charge in [-0.1, -0.05) is 17.7 Å². The summed E-state index contributed by atoms with van der Waals surface area (Å²) >= 11 is 5.82. The highest BCUT2D eigenvalue weighted by Crippen LogP contribution is 2.28. The van der Waals surface area contributed by atoms with Crippen molar-refractivity contribution in [3.63, 3.8) is 0 Å². The van der Waals surface area contributed by atoms with Gasteiger partial charge in [0.2, 0.25) is 5.43 Å².